The molecule has 0 radical (unpaired) electrons. The third kappa shape index (κ3) is 7.04. The molecule has 3 aromatic rings. The number of carbonyl (C=O) groups is 2. The molecule has 196 valence electrons. The first kappa shape index (κ1) is 29.0. The first-order valence-corrected chi connectivity index (χ1v) is 14.4. The van der Waals surface area contributed by atoms with Crippen LogP contribution in [0.5, 0.6) is 0 Å². The molecule has 2 amide bonds. The Morgan fingerprint density at radius 2 is 1.59 bits per heavy atom. The van der Waals surface area contributed by atoms with Crippen LogP contribution in [-0.2, 0) is 26.2 Å². The summed E-state index contributed by atoms with van der Waals surface area (Å²) in [5.74, 6) is -0.992. The van der Waals surface area contributed by atoms with E-state index in [-0.39, 0.29) is 23.0 Å². The lowest BCUT2D eigenvalue weighted by atomic mass is 10.1. The Morgan fingerprint density at radius 1 is 0.973 bits per heavy atom. The molecule has 0 aromatic heterocycles. The van der Waals surface area contributed by atoms with Gasteiger partial charge >= 0.3 is 0 Å². The standard InChI is InChI=1S/C26H26BrCl2N3O4S/c1-3-30-26(34)18(2)31(16-22-23(28)13-8-14-24(22)29)25(33)17-32(20-10-7-9-19(27)15-20)37(35,36)21-11-5-4-6-12-21/h4-15,18H,3,16-17H2,1-2H3,(H,30,34)/t18-/m1/s1. The molecule has 0 spiro atoms. The average Bonchev–Trinajstić information content (AvgIpc) is 2.87. The van der Waals surface area contributed by atoms with Gasteiger partial charge in [-0.1, -0.05) is 69.5 Å². The maximum Gasteiger partial charge on any atom is 0.264 e. The molecule has 0 unspecified atom stereocenters. The number of halogens is 3. The minimum Gasteiger partial charge on any atom is -0.355 e. The number of anilines is 1. The second kappa shape index (κ2) is 12.8. The summed E-state index contributed by atoms with van der Waals surface area (Å²) in [5, 5.41) is 3.36. The van der Waals surface area contributed by atoms with E-state index in [1.54, 1.807) is 74.5 Å². The molecule has 0 saturated heterocycles. The summed E-state index contributed by atoms with van der Waals surface area (Å²) in [5.41, 5.74) is 0.739. The topological polar surface area (TPSA) is 86.8 Å². The van der Waals surface area contributed by atoms with E-state index in [0.717, 1.165) is 4.31 Å². The number of amides is 2. The van der Waals surface area contributed by atoms with Crippen molar-refractivity contribution in [3.05, 3.63) is 92.9 Å². The second-order valence-corrected chi connectivity index (χ2v) is 11.7. The van der Waals surface area contributed by atoms with E-state index in [9.17, 15) is 18.0 Å². The van der Waals surface area contributed by atoms with Crippen LogP contribution in [0.1, 0.15) is 19.4 Å². The van der Waals surface area contributed by atoms with Crippen LogP contribution in [-0.4, -0.2) is 44.3 Å². The quantitative estimate of drug-likeness (QED) is 0.322. The van der Waals surface area contributed by atoms with E-state index >= 15 is 0 Å². The van der Waals surface area contributed by atoms with Gasteiger partial charge in [-0.15, -0.1) is 0 Å². The highest BCUT2D eigenvalue weighted by molar-refractivity contribution is 9.10. The SMILES string of the molecule is CCNC(=O)[C@@H](C)N(Cc1c(Cl)cccc1Cl)C(=O)CN(c1cccc(Br)c1)S(=O)(=O)c1ccccc1. The maximum atomic E-state index is 13.8. The van der Waals surface area contributed by atoms with Crippen LogP contribution in [0.4, 0.5) is 5.69 Å². The van der Waals surface area contributed by atoms with Crippen LogP contribution in [0, 0.1) is 0 Å². The fraction of sp³-hybridized carbons (Fsp3) is 0.231. The minimum absolute atomic E-state index is 0.0280. The molecular formula is C26H26BrCl2N3O4S. The summed E-state index contributed by atoms with van der Waals surface area (Å²) in [6.07, 6.45) is 0. The molecule has 11 heteroatoms. The maximum absolute atomic E-state index is 13.8. The number of sulfonamides is 1. The Morgan fingerprint density at radius 3 is 2.19 bits per heavy atom. The molecule has 1 atom stereocenters. The molecule has 1 N–H and O–H groups in total. The van der Waals surface area contributed by atoms with Crippen LogP contribution < -0.4 is 9.62 Å². The van der Waals surface area contributed by atoms with Gasteiger partial charge in [0.15, 0.2) is 0 Å². The number of rotatable bonds is 10. The molecule has 0 bridgehead atoms. The molecule has 0 fully saturated rings. The number of likely N-dealkylation sites (N-methyl/N-ethyl adjacent to an activating group) is 1. The summed E-state index contributed by atoms with van der Waals surface area (Å²) in [4.78, 5) is 27.9. The predicted molar refractivity (Wildman–Crippen MR) is 150 cm³/mol. The summed E-state index contributed by atoms with van der Waals surface area (Å²) >= 11 is 16.1. The van der Waals surface area contributed by atoms with Crippen molar-refractivity contribution >= 4 is 66.7 Å². The number of benzene rings is 3. The molecular weight excluding hydrogens is 601 g/mol. The van der Waals surface area contributed by atoms with Crippen LogP contribution in [0.15, 0.2) is 82.2 Å². The smallest absolute Gasteiger partial charge is 0.264 e. The number of hydrogen-bond acceptors (Lipinski definition) is 4. The Labute approximate surface area is 235 Å². The fourth-order valence-corrected chi connectivity index (χ4v) is 5.97. The van der Waals surface area contributed by atoms with Crippen LogP contribution in [0.3, 0.4) is 0 Å². The zero-order valence-corrected chi connectivity index (χ0v) is 24.1. The lowest BCUT2D eigenvalue weighted by molar-refractivity contribution is -0.139. The summed E-state index contributed by atoms with van der Waals surface area (Å²) in [7, 11) is -4.13. The Bertz CT molecular complexity index is 1350. The van der Waals surface area contributed by atoms with Crippen molar-refractivity contribution < 1.29 is 18.0 Å². The highest BCUT2D eigenvalue weighted by Gasteiger charge is 2.33. The Hall–Kier alpha value is -2.59. The van der Waals surface area contributed by atoms with Gasteiger partial charge in [-0.3, -0.25) is 13.9 Å². The van der Waals surface area contributed by atoms with Gasteiger partial charge in [-0.05, 0) is 56.3 Å². The van der Waals surface area contributed by atoms with Gasteiger partial charge in [0, 0.05) is 33.2 Å². The number of nitrogens with one attached hydrogen (secondary N) is 1. The number of carbonyl (C=O) groups excluding carboxylic acids is 2. The zero-order chi connectivity index (χ0) is 27.2. The van der Waals surface area contributed by atoms with Crippen molar-refractivity contribution in [2.24, 2.45) is 0 Å². The van der Waals surface area contributed by atoms with Gasteiger partial charge < -0.3 is 10.2 Å². The minimum atomic E-state index is -4.13. The third-order valence-corrected chi connectivity index (χ3v) is 8.60. The van der Waals surface area contributed by atoms with Crippen LogP contribution >= 0.6 is 39.1 Å². The summed E-state index contributed by atoms with van der Waals surface area (Å²) in [6.45, 7) is 3.06. The monoisotopic (exact) mass is 625 g/mol. The van der Waals surface area contributed by atoms with E-state index in [1.165, 1.54) is 17.0 Å². The first-order valence-electron chi connectivity index (χ1n) is 11.4. The first-order chi connectivity index (χ1) is 17.6. The second-order valence-electron chi connectivity index (χ2n) is 8.10. The molecule has 3 rings (SSSR count). The van der Waals surface area contributed by atoms with Crippen molar-refractivity contribution in [2.75, 3.05) is 17.4 Å². The normalized spacial score (nSPS) is 12.0. The fourth-order valence-electron chi connectivity index (χ4n) is 3.64. The molecule has 0 aliphatic carbocycles. The molecule has 0 heterocycles. The molecule has 7 nitrogen and oxygen atoms in total. The average molecular weight is 627 g/mol. The molecule has 0 aliphatic rings. The Balaban J connectivity index is 2.06. The Kier molecular flexibility index (Phi) is 10.0. The van der Waals surface area contributed by atoms with Crippen molar-refractivity contribution in [2.45, 2.75) is 31.3 Å². The van der Waals surface area contributed by atoms with E-state index in [1.807, 2.05) is 0 Å². The lowest BCUT2D eigenvalue weighted by Gasteiger charge is -2.32. The lowest BCUT2D eigenvalue weighted by Crippen LogP contribution is -2.51. The molecule has 3 aromatic carbocycles. The van der Waals surface area contributed by atoms with Gasteiger partial charge in [-0.2, -0.15) is 0 Å². The summed E-state index contributed by atoms with van der Waals surface area (Å²) in [6, 6.07) is 18.5. The van der Waals surface area contributed by atoms with Gasteiger partial charge in [0.25, 0.3) is 10.0 Å². The zero-order valence-electron chi connectivity index (χ0n) is 20.2. The largest absolute Gasteiger partial charge is 0.355 e. The highest BCUT2D eigenvalue weighted by Crippen LogP contribution is 2.29. The highest BCUT2D eigenvalue weighted by atomic mass is 79.9. The van der Waals surface area contributed by atoms with E-state index in [0.29, 0.717) is 26.6 Å². The van der Waals surface area contributed by atoms with Crippen LogP contribution in [0.25, 0.3) is 0 Å². The number of nitrogens with zero attached hydrogens (tertiary/aromatic N) is 2. The summed E-state index contributed by atoms with van der Waals surface area (Å²) < 4.78 is 29.1. The van der Waals surface area contributed by atoms with Gasteiger partial charge in [-0.25, -0.2) is 8.42 Å². The van der Waals surface area contributed by atoms with Crippen LogP contribution in [0.2, 0.25) is 10.0 Å². The van der Waals surface area contributed by atoms with E-state index in [4.69, 9.17) is 23.2 Å². The van der Waals surface area contributed by atoms with E-state index in [2.05, 4.69) is 21.2 Å². The predicted octanol–water partition coefficient (Wildman–Crippen LogP) is 5.50. The van der Waals surface area contributed by atoms with E-state index < -0.39 is 28.5 Å². The van der Waals surface area contributed by atoms with Gasteiger partial charge in [0.2, 0.25) is 11.8 Å². The van der Waals surface area contributed by atoms with Gasteiger partial charge in [0.1, 0.15) is 12.6 Å². The molecule has 0 aliphatic heterocycles. The molecule has 0 saturated carbocycles. The van der Waals surface area contributed by atoms with Crippen molar-refractivity contribution in [3.63, 3.8) is 0 Å². The van der Waals surface area contributed by atoms with Crippen molar-refractivity contribution in [3.8, 4) is 0 Å². The van der Waals surface area contributed by atoms with Crippen molar-refractivity contribution in [1.29, 1.82) is 0 Å². The van der Waals surface area contributed by atoms with Crippen molar-refractivity contribution in [1.82, 2.24) is 10.2 Å². The number of hydrogen-bond donors (Lipinski definition) is 1. The molecule has 37 heavy (non-hydrogen) atoms. The van der Waals surface area contributed by atoms with Gasteiger partial charge in [0.05, 0.1) is 10.6 Å². The third-order valence-electron chi connectivity index (χ3n) is 5.61.